The molecule has 0 unspecified atom stereocenters. The maximum Gasteiger partial charge on any atom is 0.257 e. The summed E-state index contributed by atoms with van der Waals surface area (Å²) < 4.78 is 5.79. The van der Waals surface area contributed by atoms with Gasteiger partial charge in [-0.15, -0.1) is 0 Å². The predicted octanol–water partition coefficient (Wildman–Crippen LogP) is 3.61. The molecule has 1 aliphatic rings. The van der Waals surface area contributed by atoms with Crippen LogP contribution in [0.15, 0.2) is 38.3 Å². The normalized spacial score (nSPS) is 15.3. The van der Waals surface area contributed by atoms with Crippen molar-refractivity contribution < 1.29 is 14.0 Å². The van der Waals surface area contributed by atoms with Crippen LogP contribution in [0.2, 0.25) is 5.02 Å². The molecule has 0 saturated heterocycles. The first-order chi connectivity index (χ1) is 16.3. The molecule has 2 atom stereocenters. The van der Waals surface area contributed by atoms with E-state index in [-0.39, 0.29) is 28.9 Å². The van der Waals surface area contributed by atoms with Crippen molar-refractivity contribution in [3.63, 3.8) is 0 Å². The summed E-state index contributed by atoms with van der Waals surface area (Å²) in [6.07, 6.45) is 0. The van der Waals surface area contributed by atoms with Crippen LogP contribution in [0.25, 0.3) is 0 Å². The van der Waals surface area contributed by atoms with E-state index in [2.05, 4.69) is 10.6 Å². The number of furan rings is 1. The van der Waals surface area contributed by atoms with Crippen LogP contribution < -0.4 is 27.2 Å². The van der Waals surface area contributed by atoms with Gasteiger partial charge in [0.05, 0.1) is 17.3 Å². The Labute approximate surface area is 206 Å². The lowest BCUT2D eigenvalue weighted by atomic mass is 9.85. The number of hydrogen-bond donors (Lipinski definition) is 3. The number of carbonyl (C=O) groups is 2. The Morgan fingerprint density at radius 1 is 1.11 bits per heavy atom. The monoisotopic (exact) mass is 498 g/mol. The minimum Gasteiger partial charge on any atom is -0.464 e. The van der Waals surface area contributed by atoms with E-state index in [9.17, 15) is 19.2 Å². The van der Waals surface area contributed by atoms with Crippen LogP contribution >= 0.6 is 11.6 Å². The summed E-state index contributed by atoms with van der Waals surface area (Å²) in [5, 5.41) is 6.49. The van der Waals surface area contributed by atoms with E-state index in [0.29, 0.717) is 22.0 Å². The second-order valence-electron chi connectivity index (χ2n) is 9.88. The Morgan fingerprint density at radius 2 is 1.77 bits per heavy atom. The first kappa shape index (κ1) is 24.5. The van der Waals surface area contributed by atoms with Crippen molar-refractivity contribution in [3.8, 4) is 0 Å². The zero-order valence-corrected chi connectivity index (χ0v) is 20.9. The van der Waals surface area contributed by atoms with E-state index in [1.165, 1.54) is 11.8 Å². The number of nitrogens with two attached hydrogens (primary N) is 1. The number of halogens is 1. The molecule has 3 aromatic rings. The van der Waals surface area contributed by atoms with Gasteiger partial charge in [-0.05, 0) is 43.5 Å². The molecule has 0 aliphatic carbocycles. The van der Waals surface area contributed by atoms with Gasteiger partial charge in [0.15, 0.2) is 0 Å². The van der Waals surface area contributed by atoms with Crippen molar-refractivity contribution in [2.45, 2.75) is 53.2 Å². The molecule has 1 aliphatic heterocycles. The van der Waals surface area contributed by atoms with E-state index in [4.69, 9.17) is 21.8 Å². The van der Waals surface area contributed by atoms with Gasteiger partial charge in [0.25, 0.3) is 16.8 Å². The van der Waals surface area contributed by atoms with Crippen LogP contribution in [0.4, 0.5) is 17.1 Å². The maximum absolute atomic E-state index is 13.2. The highest BCUT2D eigenvalue weighted by Crippen LogP contribution is 2.40. The molecule has 0 saturated carbocycles. The highest BCUT2D eigenvalue weighted by molar-refractivity contribution is 6.32. The fourth-order valence-corrected chi connectivity index (χ4v) is 4.45. The summed E-state index contributed by atoms with van der Waals surface area (Å²) in [4.78, 5) is 51.2. The lowest BCUT2D eigenvalue weighted by Crippen LogP contribution is -2.42. The zero-order chi connectivity index (χ0) is 25.8. The average molecular weight is 499 g/mol. The maximum atomic E-state index is 13.2. The van der Waals surface area contributed by atoms with E-state index in [0.717, 1.165) is 5.76 Å². The number of amides is 2. The van der Waals surface area contributed by atoms with E-state index >= 15 is 0 Å². The number of carbonyl (C=O) groups excluding carboxylic acids is 2. The van der Waals surface area contributed by atoms with Crippen molar-refractivity contribution in [1.29, 1.82) is 0 Å². The molecule has 1 aromatic heterocycles. The fourth-order valence-electron chi connectivity index (χ4n) is 4.23. The van der Waals surface area contributed by atoms with Gasteiger partial charge >= 0.3 is 0 Å². The number of nitrogens with one attached hydrogen (secondary N) is 2. The molecule has 2 aromatic carbocycles. The van der Waals surface area contributed by atoms with Gasteiger partial charge in [-0.2, -0.15) is 0 Å². The van der Waals surface area contributed by atoms with Crippen molar-refractivity contribution in [1.82, 2.24) is 4.90 Å². The number of anilines is 3. The highest BCUT2D eigenvalue weighted by Gasteiger charge is 2.38. The number of hydrogen-bond acceptors (Lipinski definition) is 7. The zero-order valence-electron chi connectivity index (χ0n) is 20.1. The molecule has 0 spiro atoms. The Morgan fingerprint density at radius 3 is 2.34 bits per heavy atom. The first-order valence-electron chi connectivity index (χ1n) is 11.2. The van der Waals surface area contributed by atoms with Crippen molar-refractivity contribution in [3.05, 3.63) is 72.4 Å². The summed E-state index contributed by atoms with van der Waals surface area (Å²) in [5.41, 5.74) is 4.90. The van der Waals surface area contributed by atoms with Crippen molar-refractivity contribution in [2.75, 3.05) is 10.6 Å². The molecule has 9 nitrogen and oxygen atoms in total. The number of primary amides is 1. The number of rotatable bonds is 7. The molecule has 10 heteroatoms. The van der Waals surface area contributed by atoms with Crippen LogP contribution in [0.3, 0.4) is 0 Å². The fraction of sp³-hybridized carbons (Fsp3) is 0.360. The van der Waals surface area contributed by atoms with Crippen LogP contribution in [-0.4, -0.2) is 22.8 Å². The van der Waals surface area contributed by atoms with Crippen molar-refractivity contribution >= 4 is 40.5 Å². The lowest BCUT2D eigenvalue weighted by Gasteiger charge is -2.31. The summed E-state index contributed by atoms with van der Waals surface area (Å²) in [6, 6.07) is 5.58. The number of benzene rings is 1. The lowest BCUT2D eigenvalue weighted by molar-refractivity contribution is -0.122. The third-order valence-electron chi connectivity index (χ3n) is 6.31. The van der Waals surface area contributed by atoms with Gasteiger partial charge in [-0.1, -0.05) is 32.4 Å². The van der Waals surface area contributed by atoms with E-state index in [1.54, 1.807) is 12.1 Å². The first-order valence-corrected chi connectivity index (χ1v) is 11.5. The molecule has 0 radical (unpaired) electrons. The van der Waals surface area contributed by atoms with Gasteiger partial charge in [0.1, 0.15) is 28.9 Å². The Balaban J connectivity index is 1.70. The van der Waals surface area contributed by atoms with Crippen LogP contribution in [0.1, 0.15) is 61.2 Å². The topological polar surface area (TPSA) is 135 Å². The second kappa shape index (κ2) is 8.57. The van der Waals surface area contributed by atoms with Crippen molar-refractivity contribution in [2.24, 2.45) is 11.1 Å². The number of nitrogens with zero attached hydrogens (tertiary/aromatic N) is 1. The molecule has 4 N–H and O–H groups in total. The predicted molar refractivity (Wildman–Crippen MR) is 134 cm³/mol. The highest BCUT2D eigenvalue weighted by atomic mass is 35.5. The standard InChI is InChI=1S/C25H27ClN4O5/c1-11-6-9-16(35-11)22(25(3,4)5)29-19-18(20(31)21(19)32)28-15-8-7-14(26)13-10-30(12(2)23(27)33)24(34)17(13)15/h6-9,12,22,28-29H,10H2,1-5H3,(H2,27,33)/t12-,22+/m1/s1. The van der Waals surface area contributed by atoms with Crippen LogP contribution in [0, 0.1) is 12.3 Å². The second-order valence-corrected chi connectivity index (χ2v) is 10.3. The molecular weight excluding hydrogens is 472 g/mol. The smallest absolute Gasteiger partial charge is 0.257 e. The van der Waals surface area contributed by atoms with Gasteiger partial charge in [0.2, 0.25) is 5.91 Å². The van der Waals surface area contributed by atoms with Gasteiger partial charge in [-0.25, -0.2) is 0 Å². The van der Waals surface area contributed by atoms with Gasteiger partial charge in [0, 0.05) is 17.1 Å². The van der Waals surface area contributed by atoms with Crippen LogP contribution in [-0.2, 0) is 11.3 Å². The number of fused-ring (bicyclic) bond motifs is 1. The summed E-state index contributed by atoms with van der Waals surface area (Å²) in [6.45, 7) is 9.43. The summed E-state index contributed by atoms with van der Waals surface area (Å²) in [7, 11) is 0. The third kappa shape index (κ3) is 4.20. The molecule has 2 amide bonds. The molecule has 0 bridgehead atoms. The molecule has 2 heterocycles. The largest absolute Gasteiger partial charge is 0.464 e. The molecule has 184 valence electrons. The SMILES string of the molecule is Cc1ccc([C@H](Nc2c(Nc3ccc(Cl)c4c3C(=O)N([C@H](C)C(N)=O)C4)c(=O)c2=O)C(C)(C)C)o1. The van der Waals surface area contributed by atoms with Crippen LogP contribution in [0.5, 0.6) is 0 Å². The quantitative estimate of drug-likeness (QED) is 0.423. The Bertz CT molecular complexity index is 1410. The molecule has 0 fully saturated rings. The Hall–Kier alpha value is -3.59. The molecular formula is C25H27ClN4O5. The van der Waals surface area contributed by atoms with Gasteiger partial charge < -0.3 is 25.7 Å². The molecule has 35 heavy (non-hydrogen) atoms. The minimum absolute atomic E-state index is 0.0475. The van der Waals surface area contributed by atoms with E-state index < -0.39 is 34.8 Å². The summed E-state index contributed by atoms with van der Waals surface area (Å²) in [5.74, 6) is 0.271. The van der Waals surface area contributed by atoms with E-state index in [1.807, 2.05) is 39.8 Å². The Kier molecular flexibility index (Phi) is 6.00. The molecule has 4 rings (SSSR count). The third-order valence-corrected chi connectivity index (χ3v) is 6.66. The summed E-state index contributed by atoms with van der Waals surface area (Å²) >= 11 is 6.33. The number of aryl methyl sites for hydroxylation is 1. The average Bonchev–Trinajstić information content (AvgIpc) is 3.36. The van der Waals surface area contributed by atoms with Gasteiger partial charge in [-0.3, -0.25) is 19.2 Å². The minimum atomic E-state index is -0.841.